The summed E-state index contributed by atoms with van der Waals surface area (Å²) >= 11 is 0. The summed E-state index contributed by atoms with van der Waals surface area (Å²) in [5, 5.41) is 0. The normalized spacial score (nSPS) is 18.8. The predicted molar refractivity (Wildman–Crippen MR) is 145 cm³/mol. The van der Waals surface area contributed by atoms with Gasteiger partial charge in [-0.25, -0.2) is 0 Å². The van der Waals surface area contributed by atoms with Gasteiger partial charge in [-0.2, -0.15) is 0 Å². The van der Waals surface area contributed by atoms with Crippen LogP contribution < -0.4 is 0 Å². The van der Waals surface area contributed by atoms with E-state index in [-0.39, 0.29) is 5.41 Å². The molecule has 2 aliphatic carbocycles. The Labute approximate surface area is 197 Å². The zero-order chi connectivity index (χ0) is 23.6. The topological polar surface area (TPSA) is 0 Å². The van der Waals surface area contributed by atoms with Gasteiger partial charge in [0.2, 0.25) is 0 Å². The van der Waals surface area contributed by atoms with Crippen molar-refractivity contribution in [3.63, 3.8) is 0 Å². The number of hydrogen-bond acceptors (Lipinski definition) is 0. The van der Waals surface area contributed by atoms with Gasteiger partial charge in [-0.05, 0) is 95.7 Å². The lowest BCUT2D eigenvalue weighted by Gasteiger charge is -2.37. The van der Waals surface area contributed by atoms with Gasteiger partial charge in [-0.1, -0.05) is 88.0 Å². The second kappa shape index (κ2) is 7.73. The molecule has 0 saturated heterocycles. The second-order valence-electron chi connectivity index (χ2n) is 11.7. The summed E-state index contributed by atoms with van der Waals surface area (Å²) in [6.07, 6.45) is 9.37. The third-order valence-electron chi connectivity index (χ3n) is 8.50. The quantitative estimate of drug-likeness (QED) is 0.417. The van der Waals surface area contributed by atoms with Gasteiger partial charge in [-0.3, -0.25) is 0 Å². The van der Waals surface area contributed by atoms with E-state index in [1.165, 1.54) is 44.5 Å². The van der Waals surface area contributed by atoms with E-state index < -0.39 is 8.07 Å². The number of allylic oxidation sites excluding steroid dienone is 6. The fourth-order valence-electron chi connectivity index (χ4n) is 6.11. The lowest BCUT2D eigenvalue weighted by Crippen LogP contribution is -2.39. The molecule has 2 aromatic rings. The van der Waals surface area contributed by atoms with Crippen molar-refractivity contribution in [1.82, 2.24) is 0 Å². The lowest BCUT2D eigenvalue weighted by molar-refractivity contribution is 0.590. The third kappa shape index (κ3) is 3.41. The van der Waals surface area contributed by atoms with Crippen LogP contribution in [0.4, 0.5) is 0 Å². The summed E-state index contributed by atoms with van der Waals surface area (Å²) in [7, 11) is -1.65. The summed E-state index contributed by atoms with van der Waals surface area (Å²) in [6, 6.07) is 9.39. The van der Waals surface area contributed by atoms with Gasteiger partial charge in [-0.15, -0.1) is 0 Å². The van der Waals surface area contributed by atoms with Gasteiger partial charge in [0, 0.05) is 5.54 Å². The zero-order valence-electron chi connectivity index (χ0n) is 21.8. The Morgan fingerprint density at radius 3 is 1.81 bits per heavy atom. The molecule has 0 aliphatic heterocycles. The molecule has 2 aromatic carbocycles. The zero-order valence-corrected chi connectivity index (χ0v) is 22.8. The van der Waals surface area contributed by atoms with Crippen molar-refractivity contribution >= 4 is 13.6 Å². The fraction of sp³-hybridized carbons (Fsp3) is 0.419. The van der Waals surface area contributed by atoms with Crippen LogP contribution in [0.5, 0.6) is 0 Å². The Bertz CT molecular complexity index is 1150. The van der Waals surface area contributed by atoms with Crippen molar-refractivity contribution in [2.24, 2.45) is 0 Å². The van der Waals surface area contributed by atoms with Gasteiger partial charge in [0.25, 0.3) is 0 Å². The van der Waals surface area contributed by atoms with Crippen molar-refractivity contribution in [1.29, 1.82) is 0 Å². The van der Waals surface area contributed by atoms with Crippen molar-refractivity contribution in [2.45, 2.75) is 85.0 Å². The fourth-order valence-corrected chi connectivity index (χ4v) is 10.1. The van der Waals surface area contributed by atoms with Gasteiger partial charge in [0.15, 0.2) is 0 Å². The van der Waals surface area contributed by atoms with E-state index >= 15 is 0 Å². The molecule has 1 atom stereocenters. The highest BCUT2D eigenvalue weighted by Gasteiger charge is 2.45. The van der Waals surface area contributed by atoms with Crippen LogP contribution in [0.25, 0.3) is 16.7 Å². The largest absolute Gasteiger partial charge is 0.0803 e. The van der Waals surface area contributed by atoms with E-state index in [0.717, 1.165) is 0 Å². The van der Waals surface area contributed by atoms with E-state index in [9.17, 15) is 0 Å². The van der Waals surface area contributed by atoms with E-state index in [4.69, 9.17) is 0 Å². The molecule has 0 fully saturated rings. The minimum Gasteiger partial charge on any atom is -0.0803 e. The summed E-state index contributed by atoms with van der Waals surface area (Å²) in [5.74, 6) is 0. The second-order valence-corrected chi connectivity index (χ2v) is 16.6. The number of hydrogen-bond donors (Lipinski definition) is 0. The number of rotatable bonds is 3. The van der Waals surface area contributed by atoms with Crippen LogP contribution in [0.2, 0.25) is 18.6 Å². The summed E-state index contributed by atoms with van der Waals surface area (Å²) in [5.41, 5.74) is 16.3. The molecule has 1 unspecified atom stereocenters. The molecular formula is C31H40Si. The Hall–Kier alpha value is -2.12. The highest BCUT2D eigenvalue weighted by molar-refractivity contribution is 6.82. The Morgan fingerprint density at radius 2 is 1.28 bits per heavy atom. The van der Waals surface area contributed by atoms with Crippen LogP contribution in [-0.2, 0) is 5.41 Å². The number of benzene rings is 2. The maximum atomic E-state index is 2.60. The maximum Gasteiger partial charge on any atom is 0.0710 e. The molecule has 2 aliphatic rings. The van der Waals surface area contributed by atoms with Crippen molar-refractivity contribution in [2.75, 3.05) is 0 Å². The van der Waals surface area contributed by atoms with Crippen LogP contribution in [0.15, 0.2) is 54.1 Å². The Balaban J connectivity index is 1.97. The first-order chi connectivity index (χ1) is 14.9. The van der Waals surface area contributed by atoms with Gasteiger partial charge < -0.3 is 0 Å². The molecule has 168 valence electrons. The predicted octanol–water partition coefficient (Wildman–Crippen LogP) is 9.21. The lowest BCUT2D eigenvalue weighted by atomic mass is 9.82. The molecular weight excluding hydrogens is 400 g/mol. The summed E-state index contributed by atoms with van der Waals surface area (Å²) in [6.45, 7) is 23.9. The number of fused-ring (bicyclic) bond motifs is 1. The molecule has 0 nitrogen and oxygen atoms in total. The van der Waals surface area contributed by atoms with Crippen molar-refractivity contribution in [3.8, 4) is 11.1 Å². The average molecular weight is 441 g/mol. The summed E-state index contributed by atoms with van der Waals surface area (Å²) < 4.78 is 0. The molecule has 0 N–H and O–H groups in total. The first kappa shape index (κ1) is 23.0. The SMILES string of the molecule is CC1=C(C)C([Si](C)(C)C2C=CC=C2)c2c(C)c(C)c(C)c(-c3ccc(C(C)(C)C)cc3)c21. The molecule has 0 spiro atoms. The minimum atomic E-state index is -1.65. The van der Waals surface area contributed by atoms with Gasteiger partial charge in [0.1, 0.15) is 0 Å². The van der Waals surface area contributed by atoms with Crippen LogP contribution >= 0.6 is 0 Å². The molecule has 32 heavy (non-hydrogen) atoms. The highest BCUT2D eigenvalue weighted by Crippen LogP contribution is 2.55. The smallest absolute Gasteiger partial charge is 0.0710 e. The molecule has 0 amide bonds. The van der Waals surface area contributed by atoms with Crippen molar-refractivity contribution in [3.05, 3.63) is 87.5 Å². The first-order valence-corrected chi connectivity index (χ1v) is 15.3. The molecule has 0 bridgehead atoms. The van der Waals surface area contributed by atoms with Crippen molar-refractivity contribution < 1.29 is 0 Å². The molecule has 0 aromatic heterocycles. The standard InChI is InChI=1S/C31H40Si/c1-19-20(2)27(24-15-17-25(18-16-24)31(6,7)8)28-22(4)23(5)30(29(28)21(19)3)32(9,10)26-13-11-12-14-26/h11-18,26,30H,1-10H3. The van der Waals surface area contributed by atoms with Crippen LogP contribution in [0.3, 0.4) is 0 Å². The van der Waals surface area contributed by atoms with Crippen LogP contribution in [0.1, 0.15) is 73.5 Å². The summed E-state index contributed by atoms with van der Waals surface area (Å²) in [4.78, 5) is 0. The molecule has 4 rings (SSSR count). The van der Waals surface area contributed by atoms with Crippen LogP contribution in [0, 0.1) is 20.8 Å². The molecule has 1 heteroatoms. The Kier molecular flexibility index (Phi) is 5.57. The van der Waals surface area contributed by atoms with Crippen LogP contribution in [-0.4, -0.2) is 8.07 Å². The third-order valence-corrected chi connectivity index (χ3v) is 12.8. The monoisotopic (exact) mass is 440 g/mol. The Morgan fingerprint density at radius 1 is 0.719 bits per heavy atom. The average Bonchev–Trinajstić information content (AvgIpc) is 3.36. The molecule has 0 saturated carbocycles. The minimum absolute atomic E-state index is 0.175. The van der Waals surface area contributed by atoms with Gasteiger partial charge >= 0.3 is 0 Å². The maximum absolute atomic E-state index is 2.60. The van der Waals surface area contributed by atoms with Gasteiger partial charge in [0.05, 0.1) is 8.07 Å². The molecule has 0 heterocycles. The first-order valence-electron chi connectivity index (χ1n) is 12.1. The van der Waals surface area contributed by atoms with E-state index in [2.05, 4.69) is 117 Å². The molecule has 0 radical (unpaired) electrons. The van der Waals surface area contributed by atoms with E-state index in [0.29, 0.717) is 11.1 Å². The van der Waals surface area contributed by atoms with E-state index in [1.807, 2.05) is 0 Å². The highest BCUT2D eigenvalue weighted by atomic mass is 28.3. The van der Waals surface area contributed by atoms with E-state index in [1.54, 1.807) is 11.1 Å².